The molecule has 18 heavy (non-hydrogen) atoms. The SMILES string of the molecule is CCNC(CCc1ccnn1C)c1ccc(Br)o1. The van der Waals surface area contributed by atoms with Gasteiger partial charge in [-0.25, -0.2) is 0 Å². The Kier molecular flexibility index (Phi) is 4.60. The molecule has 0 amide bonds. The molecule has 0 radical (unpaired) electrons. The van der Waals surface area contributed by atoms with Crippen molar-refractivity contribution < 1.29 is 4.42 Å². The molecule has 5 heteroatoms. The summed E-state index contributed by atoms with van der Waals surface area (Å²) in [4.78, 5) is 0. The van der Waals surface area contributed by atoms with Gasteiger partial charge >= 0.3 is 0 Å². The average Bonchev–Trinajstić information content (AvgIpc) is 2.94. The zero-order valence-corrected chi connectivity index (χ0v) is 12.3. The van der Waals surface area contributed by atoms with E-state index in [2.05, 4.69) is 39.3 Å². The first-order valence-electron chi connectivity index (χ1n) is 6.16. The first kappa shape index (κ1) is 13.4. The Labute approximate surface area is 115 Å². The van der Waals surface area contributed by atoms with Crippen LogP contribution in [-0.2, 0) is 13.5 Å². The highest BCUT2D eigenvalue weighted by atomic mass is 79.9. The Balaban J connectivity index is 2.01. The van der Waals surface area contributed by atoms with E-state index < -0.39 is 0 Å². The molecular formula is C13H18BrN3O. The van der Waals surface area contributed by atoms with Crippen molar-refractivity contribution in [3.05, 3.63) is 40.5 Å². The summed E-state index contributed by atoms with van der Waals surface area (Å²) >= 11 is 3.34. The van der Waals surface area contributed by atoms with Crippen LogP contribution in [0.2, 0.25) is 0 Å². The van der Waals surface area contributed by atoms with Gasteiger partial charge in [0.25, 0.3) is 0 Å². The fourth-order valence-electron chi connectivity index (χ4n) is 2.05. The molecule has 0 aliphatic heterocycles. The largest absolute Gasteiger partial charge is 0.453 e. The van der Waals surface area contributed by atoms with Gasteiger partial charge < -0.3 is 9.73 Å². The van der Waals surface area contributed by atoms with Crippen molar-refractivity contribution in [2.75, 3.05) is 6.54 Å². The molecule has 0 saturated carbocycles. The molecule has 0 fully saturated rings. The summed E-state index contributed by atoms with van der Waals surface area (Å²) in [5.74, 6) is 0.978. The van der Waals surface area contributed by atoms with Crippen LogP contribution in [0, 0.1) is 0 Å². The molecule has 2 aromatic rings. The van der Waals surface area contributed by atoms with Gasteiger partial charge in [-0.3, -0.25) is 4.68 Å². The summed E-state index contributed by atoms with van der Waals surface area (Å²) in [6.45, 7) is 3.03. The second kappa shape index (κ2) is 6.20. The minimum atomic E-state index is 0.246. The van der Waals surface area contributed by atoms with Crippen molar-refractivity contribution >= 4 is 15.9 Å². The molecule has 4 nitrogen and oxygen atoms in total. The van der Waals surface area contributed by atoms with Crippen molar-refractivity contribution in [3.63, 3.8) is 0 Å². The predicted octanol–water partition coefficient (Wildman–Crippen LogP) is 3.06. The molecule has 2 heterocycles. The molecule has 2 aromatic heterocycles. The molecule has 1 atom stereocenters. The van der Waals surface area contributed by atoms with Gasteiger partial charge in [-0.15, -0.1) is 0 Å². The Morgan fingerprint density at radius 1 is 1.44 bits per heavy atom. The number of nitrogens with one attached hydrogen (secondary N) is 1. The molecule has 1 N–H and O–H groups in total. The van der Waals surface area contributed by atoms with Gasteiger partial charge in [-0.2, -0.15) is 5.10 Å². The predicted molar refractivity (Wildman–Crippen MR) is 74.4 cm³/mol. The summed E-state index contributed by atoms with van der Waals surface area (Å²) in [5, 5.41) is 7.63. The normalized spacial score (nSPS) is 12.8. The Morgan fingerprint density at radius 2 is 2.28 bits per heavy atom. The van der Waals surface area contributed by atoms with Gasteiger partial charge in [0.05, 0.1) is 6.04 Å². The third kappa shape index (κ3) is 3.23. The van der Waals surface area contributed by atoms with Crippen molar-refractivity contribution in [1.29, 1.82) is 0 Å². The number of aromatic nitrogens is 2. The standard InChI is InChI=1S/C13H18BrN3O/c1-3-15-11(12-6-7-13(14)18-12)5-4-10-8-9-16-17(10)2/h6-9,11,15H,3-5H2,1-2H3. The molecule has 0 saturated heterocycles. The number of hydrogen-bond donors (Lipinski definition) is 1. The minimum Gasteiger partial charge on any atom is -0.453 e. The number of halogens is 1. The fourth-order valence-corrected chi connectivity index (χ4v) is 2.36. The van der Waals surface area contributed by atoms with Crippen LogP contribution >= 0.6 is 15.9 Å². The van der Waals surface area contributed by atoms with Crippen LogP contribution in [0.4, 0.5) is 0 Å². The van der Waals surface area contributed by atoms with Crippen LogP contribution in [0.25, 0.3) is 0 Å². The summed E-state index contributed by atoms with van der Waals surface area (Å²) in [6.07, 6.45) is 3.81. The van der Waals surface area contributed by atoms with E-state index in [0.29, 0.717) is 0 Å². The summed E-state index contributed by atoms with van der Waals surface area (Å²) in [5.41, 5.74) is 1.24. The van der Waals surface area contributed by atoms with E-state index in [-0.39, 0.29) is 6.04 Å². The van der Waals surface area contributed by atoms with Gasteiger partial charge in [-0.05, 0) is 53.5 Å². The third-order valence-electron chi connectivity index (χ3n) is 3.00. The summed E-state index contributed by atoms with van der Waals surface area (Å²) in [7, 11) is 1.97. The van der Waals surface area contributed by atoms with Crippen LogP contribution < -0.4 is 5.32 Å². The van der Waals surface area contributed by atoms with E-state index in [1.165, 1.54) is 5.69 Å². The zero-order valence-electron chi connectivity index (χ0n) is 10.7. The van der Waals surface area contributed by atoms with Crippen LogP contribution in [0.15, 0.2) is 33.5 Å². The lowest BCUT2D eigenvalue weighted by molar-refractivity contribution is 0.389. The number of aryl methyl sites for hydroxylation is 2. The molecule has 0 aromatic carbocycles. The Bertz CT molecular complexity index is 492. The van der Waals surface area contributed by atoms with E-state index in [9.17, 15) is 0 Å². The quantitative estimate of drug-likeness (QED) is 0.891. The second-order valence-electron chi connectivity index (χ2n) is 4.24. The van der Waals surface area contributed by atoms with Crippen molar-refractivity contribution in [2.24, 2.45) is 7.05 Å². The maximum Gasteiger partial charge on any atom is 0.169 e. The van der Waals surface area contributed by atoms with E-state index >= 15 is 0 Å². The molecule has 2 rings (SSSR count). The first-order valence-corrected chi connectivity index (χ1v) is 6.95. The van der Waals surface area contributed by atoms with Crippen LogP contribution in [-0.4, -0.2) is 16.3 Å². The number of furan rings is 1. The average molecular weight is 312 g/mol. The van der Waals surface area contributed by atoms with Gasteiger partial charge in [0, 0.05) is 18.9 Å². The topological polar surface area (TPSA) is 43.0 Å². The van der Waals surface area contributed by atoms with Gasteiger partial charge in [0.1, 0.15) is 5.76 Å². The Hall–Kier alpha value is -1.07. The molecule has 0 aliphatic rings. The first-order chi connectivity index (χ1) is 8.70. The highest BCUT2D eigenvalue weighted by Crippen LogP contribution is 2.24. The fraction of sp³-hybridized carbons (Fsp3) is 0.462. The summed E-state index contributed by atoms with van der Waals surface area (Å²) < 4.78 is 8.33. The highest BCUT2D eigenvalue weighted by molar-refractivity contribution is 9.10. The van der Waals surface area contributed by atoms with E-state index in [1.807, 2.05) is 30.1 Å². The highest BCUT2D eigenvalue weighted by Gasteiger charge is 2.15. The van der Waals surface area contributed by atoms with E-state index in [1.54, 1.807) is 0 Å². The molecular weight excluding hydrogens is 294 g/mol. The van der Waals surface area contributed by atoms with Gasteiger partial charge in [0.15, 0.2) is 4.67 Å². The lowest BCUT2D eigenvalue weighted by atomic mass is 10.1. The Morgan fingerprint density at radius 3 is 2.83 bits per heavy atom. The minimum absolute atomic E-state index is 0.246. The monoisotopic (exact) mass is 311 g/mol. The van der Waals surface area contributed by atoms with Crippen LogP contribution in [0.5, 0.6) is 0 Å². The zero-order chi connectivity index (χ0) is 13.0. The van der Waals surface area contributed by atoms with E-state index in [0.717, 1.165) is 29.8 Å². The molecule has 98 valence electrons. The van der Waals surface area contributed by atoms with Crippen LogP contribution in [0.1, 0.15) is 30.8 Å². The number of nitrogens with zero attached hydrogens (tertiary/aromatic N) is 2. The van der Waals surface area contributed by atoms with Crippen molar-refractivity contribution in [3.8, 4) is 0 Å². The van der Waals surface area contributed by atoms with Crippen molar-refractivity contribution in [2.45, 2.75) is 25.8 Å². The number of rotatable bonds is 6. The molecule has 0 spiro atoms. The lowest BCUT2D eigenvalue weighted by Gasteiger charge is -2.15. The maximum atomic E-state index is 5.63. The summed E-state index contributed by atoms with van der Waals surface area (Å²) in [6, 6.07) is 6.25. The van der Waals surface area contributed by atoms with Crippen molar-refractivity contribution in [1.82, 2.24) is 15.1 Å². The second-order valence-corrected chi connectivity index (χ2v) is 5.02. The lowest BCUT2D eigenvalue weighted by Crippen LogP contribution is -2.21. The van der Waals surface area contributed by atoms with Gasteiger partial charge in [-0.1, -0.05) is 6.92 Å². The molecule has 0 aliphatic carbocycles. The van der Waals surface area contributed by atoms with E-state index in [4.69, 9.17) is 4.42 Å². The third-order valence-corrected chi connectivity index (χ3v) is 3.43. The molecule has 0 bridgehead atoms. The van der Waals surface area contributed by atoms with Gasteiger partial charge in [0.2, 0.25) is 0 Å². The number of hydrogen-bond acceptors (Lipinski definition) is 3. The maximum absolute atomic E-state index is 5.63. The van der Waals surface area contributed by atoms with Crippen LogP contribution in [0.3, 0.4) is 0 Å². The smallest absolute Gasteiger partial charge is 0.169 e. The molecule has 1 unspecified atom stereocenters.